The SMILES string of the molecule is O=C(O)c1cc(S(=O)(=O)N2CCCC3CCCC32)c(Br)o1. The molecule has 2 unspecified atom stereocenters. The molecule has 1 aromatic rings. The Morgan fingerprint density at radius 1 is 1.33 bits per heavy atom. The highest BCUT2D eigenvalue weighted by molar-refractivity contribution is 9.10. The second kappa shape index (κ2) is 5.40. The summed E-state index contributed by atoms with van der Waals surface area (Å²) in [5.41, 5.74) is 0. The quantitative estimate of drug-likeness (QED) is 0.874. The average Bonchev–Trinajstić information content (AvgIpc) is 3.04. The highest BCUT2D eigenvalue weighted by atomic mass is 79.9. The van der Waals surface area contributed by atoms with Gasteiger partial charge in [-0.1, -0.05) is 6.42 Å². The molecular formula is C13H16BrNO5S. The van der Waals surface area contributed by atoms with Gasteiger partial charge >= 0.3 is 5.97 Å². The van der Waals surface area contributed by atoms with Crippen molar-refractivity contribution in [2.24, 2.45) is 5.92 Å². The van der Waals surface area contributed by atoms with Crippen LogP contribution < -0.4 is 0 Å². The van der Waals surface area contributed by atoms with Crippen LogP contribution in [0.25, 0.3) is 0 Å². The molecule has 2 heterocycles. The number of furan rings is 1. The molecule has 0 bridgehead atoms. The predicted molar refractivity (Wildman–Crippen MR) is 77.6 cm³/mol. The molecule has 1 N–H and O–H groups in total. The van der Waals surface area contributed by atoms with Crippen LogP contribution in [0.15, 0.2) is 20.0 Å². The highest BCUT2D eigenvalue weighted by Gasteiger charge is 2.42. The number of hydrogen-bond acceptors (Lipinski definition) is 4. The molecule has 0 aromatic carbocycles. The van der Waals surface area contributed by atoms with Gasteiger partial charge < -0.3 is 9.52 Å². The van der Waals surface area contributed by atoms with Crippen molar-refractivity contribution in [1.82, 2.24) is 4.31 Å². The normalized spacial score (nSPS) is 26.7. The number of carbonyl (C=O) groups is 1. The van der Waals surface area contributed by atoms with Crippen molar-refractivity contribution in [3.63, 3.8) is 0 Å². The number of hydrogen-bond donors (Lipinski definition) is 1. The number of rotatable bonds is 3. The molecule has 1 saturated carbocycles. The fourth-order valence-corrected chi connectivity index (χ4v) is 6.13. The van der Waals surface area contributed by atoms with E-state index in [-0.39, 0.29) is 21.4 Å². The smallest absolute Gasteiger partial charge is 0.371 e. The first kappa shape index (κ1) is 15.1. The number of nitrogens with zero attached hydrogens (tertiary/aromatic N) is 1. The van der Waals surface area contributed by atoms with Gasteiger partial charge in [0, 0.05) is 18.7 Å². The van der Waals surface area contributed by atoms with Crippen LogP contribution >= 0.6 is 15.9 Å². The van der Waals surface area contributed by atoms with Gasteiger partial charge in [0.05, 0.1) is 0 Å². The number of piperidine rings is 1. The molecule has 0 amide bonds. The lowest BCUT2D eigenvalue weighted by Crippen LogP contribution is -2.46. The maximum absolute atomic E-state index is 12.8. The van der Waals surface area contributed by atoms with E-state index in [1.54, 1.807) is 0 Å². The van der Waals surface area contributed by atoms with Crippen molar-refractivity contribution in [2.45, 2.75) is 43.0 Å². The third kappa shape index (κ3) is 2.53. The topological polar surface area (TPSA) is 87.8 Å². The average molecular weight is 378 g/mol. The lowest BCUT2D eigenvalue weighted by Gasteiger charge is -2.36. The molecule has 2 fully saturated rings. The molecule has 0 radical (unpaired) electrons. The Balaban J connectivity index is 1.98. The van der Waals surface area contributed by atoms with Crippen LogP contribution in [0.2, 0.25) is 0 Å². The van der Waals surface area contributed by atoms with Crippen LogP contribution in [-0.4, -0.2) is 36.4 Å². The Morgan fingerprint density at radius 2 is 2.05 bits per heavy atom. The molecule has 116 valence electrons. The van der Waals surface area contributed by atoms with E-state index in [1.807, 2.05) is 0 Å². The maximum Gasteiger partial charge on any atom is 0.371 e. The van der Waals surface area contributed by atoms with E-state index in [2.05, 4.69) is 15.9 Å². The summed E-state index contributed by atoms with van der Waals surface area (Å²) in [4.78, 5) is 10.8. The lowest BCUT2D eigenvalue weighted by molar-refractivity contribution is 0.0661. The zero-order chi connectivity index (χ0) is 15.2. The monoisotopic (exact) mass is 377 g/mol. The van der Waals surface area contributed by atoms with Crippen molar-refractivity contribution < 1.29 is 22.7 Å². The molecule has 1 aromatic heterocycles. The summed E-state index contributed by atoms with van der Waals surface area (Å²) in [6.07, 6.45) is 4.92. The molecule has 2 atom stereocenters. The second-order valence-electron chi connectivity index (χ2n) is 5.57. The highest BCUT2D eigenvalue weighted by Crippen LogP contribution is 2.40. The van der Waals surface area contributed by atoms with E-state index in [4.69, 9.17) is 9.52 Å². The molecule has 6 nitrogen and oxygen atoms in total. The molecule has 0 spiro atoms. The molecular weight excluding hydrogens is 362 g/mol. The summed E-state index contributed by atoms with van der Waals surface area (Å²) >= 11 is 3.02. The third-order valence-electron chi connectivity index (χ3n) is 4.40. The van der Waals surface area contributed by atoms with Crippen LogP contribution in [0.5, 0.6) is 0 Å². The Hall–Kier alpha value is -0.860. The van der Waals surface area contributed by atoms with Gasteiger partial charge in [0.2, 0.25) is 15.8 Å². The van der Waals surface area contributed by atoms with Gasteiger partial charge in [0.15, 0.2) is 4.67 Å². The number of fused-ring (bicyclic) bond motifs is 1. The molecule has 8 heteroatoms. The maximum atomic E-state index is 12.8. The van der Waals surface area contributed by atoms with Crippen molar-refractivity contribution in [3.8, 4) is 0 Å². The zero-order valence-corrected chi connectivity index (χ0v) is 13.7. The van der Waals surface area contributed by atoms with Crippen LogP contribution in [0, 0.1) is 5.92 Å². The van der Waals surface area contributed by atoms with E-state index in [1.165, 1.54) is 4.31 Å². The Labute approximate surface area is 131 Å². The summed E-state index contributed by atoms with van der Waals surface area (Å²) in [6, 6.07) is 1.12. The van der Waals surface area contributed by atoms with Crippen LogP contribution in [0.3, 0.4) is 0 Å². The molecule has 2 aliphatic rings. The van der Waals surface area contributed by atoms with Gasteiger partial charge in [-0.15, -0.1) is 0 Å². The first-order chi connectivity index (χ1) is 9.91. The largest absolute Gasteiger partial charge is 0.475 e. The summed E-state index contributed by atoms with van der Waals surface area (Å²) in [5.74, 6) is -1.23. The van der Waals surface area contributed by atoms with Crippen molar-refractivity contribution >= 4 is 31.9 Å². The van der Waals surface area contributed by atoms with Gasteiger partial charge in [-0.2, -0.15) is 4.31 Å². The molecule has 21 heavy (non-hydrogen) atoms. The van der Waals surface area contributed by atoms with Gasteiger partial charge in [-0.05, 0) is 47.5 Å². The van der Waals surface area contributed by atoms with Crippen LogP contribution in [-0.2, 0) is 10.0 Å². The van der Waals surface area contributed by atoms with Gasteiger partial charge in [-0.3, -0.25) is 0 Å². The Morgan fingerprint density at radius 3 is 2.71 bits per heavy atom. The second-order valence-corrected chi connectivity index (χ2v) is 8.15. The summed E-state index contributed by atoms with van der Waals surface area (Å²) in [5, 5.41) is 8.93. The van der Waals surface area contributed by atoms with Crippen LogP contribution in [0.4, 0.5) is 0 Å². The van der Waals surface area contributed by atoms with Gasteiger partial charge in [-0.25, -0.2) is 13.2 Å². The van der Waals surface area contributed by atoms with Gasteiger partial charge in [0.25, 0.3) is 0 Å². The van der Waals surface area contributed by atoms with E-state index in [0.717, 1.165) is 38.2 Å². The van der Waals surface area contributed by atoms with Crippen LogP contribution in [0.1, 0.15) is 42.7 Å². The molecule has 1 aliphatic carbocycles. The van der Waals surface area contributed by atoms with E-state index >= 15 is 0 Å². The lowest BCUT2D eigenvalue weighted by atomic mass is 9.94. The number of sulfonamides is 1. The predicted octanol–water partition coefficient (Wildman–Crippen LogP) is 2.69. The Kier molecular flexibility index (Phi) is 3.87. The fraction of sp³-hybridized carbons (Fsp3) is 0.615. The molecule has 3 rings (SSSR count). The van der Waals surface area contributed by atoms with E-state index in [0.29, 0.717) is 12.5 Å². The molecule has 1 saturated heterocycles. The first-order valence-corrected chi connectivity index (χ1v) is 9.19. The minimum absolute atomic E-state index is 0.0406. The summed E-state index contributed by atoms with van der Waals surface area (Å²) < 4.78 is 32.1. The number of aromatic carboxylic acids is 1. The van der Waals surface area contributed by atoms with E-state index < -0.39 is 16.0 Å². The minimum atomic E-state index is -3.73. The summed E-state index contributed by atoms with van der Waals surface area (Å²) in [6.45, 7) is 0.490. The van der Waals surface area contributed by atoms with Crippen molar-refractivity contribution in [2.75, 3.05) is 6.54 Å². The Bertz CT molecular complexity index is 668. The van der Waals surface area contributed by atoms with Crippen molar-refractivity contribution in [3.05, 3.63) is 16.5 Å². The summed E-state index contributed by atoms with van der Waals surface area (Å²) in [7, 11) is -3.73. The number of halogens is 1. The number of carboxylic acids is 1. The number of carboxylic acid groups (broad SMARTS) is 1. The standard InChI is InChI=1S/C13H16BrNO5S/c14-12-11(7-10(20-12)13(16)17)21(18,19)15-6-2-4-8-3-1-5-9(8)15/h7-9H,1-6H2,(H,16,17). The van der Waals surface area contributed by atoms with E-state index in [9.17, 15) is 13.2 Å². The third-order valence-corrected chi connectivity index (χ3v) is 7.18. The minimum Gasteiger partial charge on any atom is -0.475 e. The first-order valence-electron chi connectivity index (χ1n) is 6.95. The fourth-order valence-electron chi connectivity index (χ4n) is 3.47. The van der Waals surface area contributed by atoms with Crippen molar-refractivity contribution in [1.29, 1.82) is 0 Å². The van der Waals surface area contributed by atoms with Gasteiger partial charge in [0.1, 0.15) is 4.90 Å². The zero-order valence-electron chi connectivity index (χ0n) is 11.3. The molecule has 1 aliphatic heterocycles.